The molecule has 0 saturated carbocycles. The summed E-state index contributed by atoms with van der Waals surface area (Å²) in [7, 11) is 0. The van der Waals surface area contributed by atoms with Gasteiger partial charge in [0, 0.05) is 6.54 Å². The van der Waals surface area contributed by atoms with Crippen molar-refractivity contribution in [2.45, 2.75) is 13.8 Å². The van der Waals surface area contributed by atoms with Crippen molar-refractivity contribution in [3.8, 4) is 5.75 Å². The van der Waals surface area contributed by atoms with Crippen molar-refractivity contribution >= 4 is 5.69 Å². The van der Waals surface area contributed by atoms with Gasteiger partial charge in [0.25, 0.3) is 0 Å². The summed E-state index contributed by atoms with van der Waals surface area (Å²) in [6, 6.07) is 6.39. The number of ether oxygens (including phenoxy) is 1. The molecule has 0 radical (unpaired) electrons. The fourth-order valence-corrected chi connectivity index (χ4v) is 1.71. The number of nitrogens with zero attached hydrogens (tertiary/aromatic N) is 1. The molecule has 13 heavy (non-hydrogen) atoms. The molecule has 2 rings (SSSR count). The average molecular weight is 177 g/mol. The fraction of sp³-hybridized carbons (Fsp3) is 0.455. The molecule has 0 N–H and O–H groups in total. The van der Waals surface area contributed by atoms with Crippen LogP contribution in [0, 0.1) is 6.92 Å². The summed E-state index contributed by atoms with van der Waals surface area (Å²) in [5.41, 5.74) is 2.50. The number of likely N-dealkylation sites (N-methyl/N-ethyl adjacent to an activating group) is 1. The summed E-state index contributed by atoms with van der Waals surface area (Å²) in [4.78, 5) is 2.35. The molecule has 0 fully saturated rings. The van der Waals surface area contributed by atoms with Crippen LogP contribution < -0.4 is 9.64 Å². The standard InChI is InChI=1S/C11H15NO/c1-3-12-6-7-13-11-8-9(2)4-5-10(11)12/h4-5,8H,3,6-7H2,1-2H3. The van der Waals surface area contributed by atoms with E-state index in [9.17, 15) is 0 Å². The molecule has 1 heterocycles. The van der Waals surface area contributed by atoms with Crippen LogP contribution in [-0.2, 0) is 0 Å². The lowest BCUT2D eigenvalue weighted by Gasteiger charge is -2.30. The van der Waals surface area contributed by atoms with Crippen LogP contribution in [0.2, 0.25) is 0 Å². The first-order chi connectivity index (χ1) is 6.31. The maximum Gasteiger partial charge on any atom is 0.142 e. The van der Waals surface area contributed by atoms with Gasteiger partial charge in [-0.1, -0.05) is 6.07 Å². The zero-order chi connectivity index (χ0) is 9.26. The predicted octanol–water partition coefficient (Wildman–Crippen LogP) is 2.21. The second-order valence-corrected chi connectivity index (χ2v) is 3.40. The Morgan fingerprint density at radius 1 is 1.46 bits per heavy atom. The van der Waals surface area contributed by atoms with Crippen LogP contribution in [0.25, 0.3) is 0 Å². The number of fused-ring (bicyclic) bond motifs is 1. The number of hydrogen-bond acceptors (Lipinski definition) is 2. The SMILES string of the molecule is CCN1CCOc2cc(C)ccc21. The zero-order valence-electron chi connectivity index (χ0n) is 8.21. The summed E-state index contributed by atoms with van der Waals surface area (Å²) < 4.78 is 5.59. The Balaban J connectivity index is 2.40. The Morgan fingerprint density at radius 3 is 3.08 bits per heavy atom. The maximum absolute atomic E-state index is 5.59. The van der Waals surface area contributed by atoms with Gasteiger partial charge in [0.05, 0.1) is 12.2 Å². The van der Waals surface area contributed by atoms with Gasteiger partial charge in [-0.25, -0.2) is 0 Å². The third kappa shape index (κ3) is 1.48. The Hall–Kier alpha value is -1.18. The fourth-order valence-electron chi connectivity index (χ4n) is 1.71. The number of aryl methyl sites for hydroxylation is 1. The number of hydrogen-bond donors (Lipinski definition) is 0. The van der Waals surface area contributed by atoms with E-state index in [2.05, 4.69) is 36.9 Å². The first-order valence-electron chi connectivity index (χ1n) is 4.79. The Labute approximate surface area is 79.1 Å². The van der Waals surface area contributed by atoms with Gasteiger partial charge in [0.15, 0.2) is 0 Å². The molecule has 1 aromatic rings. The minimum atomic E-state index is 0.810. The van der Waals surface area contributed by atoms with E-state index >= 15 is 0 Å². The predicted molar refractivity (Wildman–Crippen MR) is 54.6 cm³/mol. The lowest BCUT2D eigenvalue weighted by atomic mass is 10.2. The highest BCUT2D eigenvalue weighted by molar-refractivity contribution is 5.60. The molecular formula is C11H15NO. The highest BCUT2D eigenvalue weighted by Gasteiger charge is 2.15. The summed E-state index contributed by atoms with van der Waals surface area (Å²) >= 11 is 0. The monoisotopic (exact) mass is 177 g/mol. The van der Waals surface area contributed by atoms with E-state index in [4.69, 9.17) is 4.74 Å². The third-order valence-electron chi connectivity index (χ3n) is 2.46. The van der Waals surface area contributed by atoms with Crippen molar-refractivity contribution in [2.75, 3.05) is 24.6 Å². The normalized spacial score (nSPS) is 15.1. The van der Waals surface area contributed by atoms with Gasteiger partial charge in [-0.05, 0) is 31.5 Å². The highest BCUT2D eigenvalue weighted by Crippen LogP contribution is 2.31. The Morgan fingerprint density at radius 2 is 2.31 bits per heavy atom. The highest BCUT2D eigenvalue weighted by atomic mass is 16.5. The zero-order valence-corrected chi connectivity index (χ0v) is 8.21. The van der Waals surface area contributed by atoms with Crippen molar-refractivity contribution in [3.63, 3.8) is 0 Å². The van der Waals surface area contributed by atoms with Gasteiger partial charge in [0.1, 0.15) is 12.4 Å². The van der Waals surface area contributed by atoms with Crippen LogP contribution in [0.3, 0.4) is 0 Å². The van der Waals surface area contributed by atoms with Gasteiger partial charge in [-0.3, -0.25) is 0 Å². The molecule has 2 nitrogen and oxygen atoms in total. The first kappa shape index (κ1) is 8.42. The average Bonchev–Trinajstić information content (AvgIpc) is 2.16. The molecule has 1 aliphatic heterocycles. The summed E-state index contributed by atoms with van der Waals surface area (Å²) in [6.07, 6.45) is 0. The van der Waals surface area contributed by atoms with E-state index in [1.165, 1.54) is 11.3 Å². The molecule has 0 unspecified atom stereocenters. The minimum Gasteiger partial charge on any atom is -0.490 e. The van der Waals surface area contributed by atoms with E-state index in [1.807, 2.05) is 0 Å². The lowest BCUT2D eigenvalue weighted by Crippen LogP contribution is -2.32. The number of rotatable bonds is 1. The van der Waals surface area contributed by atoms with E-state index in [-0.39, 0.29) is 0 Å². The van der Waals surface area contributed by atoms with E-state index in [1.54, 1.807) is 0 Å². The molecule has 1 aliphatic rings. The van der Waals surface area contributed by atoms with Crippen LogP contribution >= 0.6 is 0 Å². The van der Waals surface area contributed by atoms with Crippen LogP contribution in [0.4, 0.5) is 5.69 Å². The van der Waals surface area contributed by atoms with E-state index < -0.39 is 0 Å². The number of anilines is 1. The Bertz CT molecular complexity index is 309. The third-order valence-corrected chi connectivity index (χ3v) is 2.46. The van der Waals surface area contributed by atoms with Crippen molar-refractivity contribution in [1.29, 1.82) is 0 Å². The second kappa shape index (κ2) is 3.29. The van der Waals surface area contributed by atoms with Crippen LogP contribution in [0.15, 0.2) is 18.2 Å². The number of benzene rings is 1. The second-order valence-electron chi connectivity index (χ2n) is 3.40. The van der Waals surface area contributed by atoms with Crippen molar-refractivity contribution in [2.24, 2.45) is 0 Å². The van der Waals surface area contributed by atoms with E-state index in [0.29, 0.717) is 0 Å². The smallest absolute Gasteiger partial charge is 0.142 e. The van der Waals surface area contributed by atoms with Crippen LogP contribution in [-0.4, -0.2) is 19.7 Å². The largest absolute Gasteiger partial charge is 0.490 e. The molecule has 2 heteroatoms. The van der Waals surface area contributed by atoms with Gasteiger partial charge in [-0.2, -0.15) is 0 Å². The molecular weight excluding hydrogens is 162 g/mol. The molecule has 0 aliphatic carbocycles. The van der Waals surface area contributed by atoms with Crippen LogP contribution in [0.5, 0.6) is 5.75 Å². The quantitative estimate of drug-likeness (QED) is 0.652. The van der Waals surface area contributed by atoms with Gasteiger partial charge in [0.2, 0.25) is 0 Å². The Kier molecular flexibility index (Phi) is 2.13. The molecule has 0 bridgehead atoms. The molecule has 1 aromatic carbocycles. The van der Waals surface area contributed by atoms with Crippen molar-refractivity contribution in [3.05, 3.63) is 23.8 Å². The summed E-state index contributed by atoms with van der Waals surface area (Å²) in [5.74, 6) is 1.04. The van der Waals surface area contributed by atoms with E-state index in [0.717, 1.165) is 25.4 Å². The van der Waals surface area contributed by atoms with Gasteiger partial charge < -0.3 is 9.64 Å². The molecule has 0 saturated heterocycles. The molecule has 0 spiro atoms. The molecule has 0 aromatic heterocycles. The van der Waals surface area contributed by atoms with Crippen LogP contribution in [0.1, 0.15) is 12.5 Å². The summed E-state index contributed by atoms with van der Waals surface area (Å²) in [5, 5.41) is 0. The molecule has 70 valence electrons. The topological polar surface area (TPSA) is 12.5 Å². The van der Waals surface area contributed by atoms with Crippen molar-refractivity contribution < 1.29 is 4.74 Å². The summed E-state index contributed by atoms with van der Waals surface area (Å²) in [6.45, 7) is 7.14. The minimum absolute atomic E-state index is 0.810. The lowest BCUT2D eigenvalue weighted by molar-refractivity contribution is 0.308. The van der Waals surface area contributed by atoms with Crippen molar-refractivity contribution in [1.82, 2.24) is 0 Å². The van der Waals surface area contributed by atoms with Gasteiger partial charge >= 0.3 is 0 Å². The molecule has 0 amide bonds. The maximum atomic E-state index is 5.59. The first-order valence-corrected chi connectivity index (χ1v) is 4.79. The molecule has 0 atom stereocenters. The van der Waals surface area contributed by atoms with Gasteiger partial charge in [-0.15, -0.1) is 0 Å².